The number of hydrogen-bond acceptors (Lipinski definition) is 4. The molecule has 0 amide bonds. The Morgan fingerprint density at radius 2 is 2.15 bits per heavy atom. The van der Waals surface area contributed by atoms with Gasteiger partial charge in [0.15, 0.2) is 5.58 Å². The summed E-state index contributed by atoms with van der Waals surface area (Å²) in [7, 11) is 0. The fourth-order valence-electron chi connectivity index (χ4n) is 1.41. The SMILES string of the molecule is CCc1cc(N)cc2nc(N)oc12. The van der Waals surface area contributed by atoms with Crippen LogP contribution in [-0.2, 0) is 6.42 Å². The number of nitrogens with two attached hydrogens (primary N) is 2. The lowest BCUT2D eigenvalue weighted by molar-refractivity contribution is 0.622. The van der Waals surface area contributed by atoms with Gasteiger partial charge in [-0.1, -0.05) is 6.92 Å². The largest absolute Gasteiger partial charge is 0.423 e. The molecule has 0 aliphatic rings. The Morgan fingerprint density at radius 3 is 2.85 bits per heavy atom. The van der Waals surface area contributed by atoms with Crippen LogP contribution in [0.15, 0.2) is 16.5 Å². The number of anilines is 2. The number of benzene rings is 1. The summed E-state index contributed by atoms with van der Waals surface area (Å²) < 4.78 is 5.26. The molecule has 4 heteroatoms. The molecular weight excluding hydrogens is 166 g/mol. The van der Waals surface area contributed by atoms with Gasteiger partial charge >= 0.3 is 0 Å². The molecule has 0 aliphatic heterocycles. The summed E-state index contributed by atoms with van der Waals surface area (Å²) in [6.07, 6.45) is 0.857. The first-order valence-corrected chi connectivity index (χ1v) is 4.15. The van der Waals surface area contributed by atoms with Gasteiger partial charge in [0.25, 0.3) is 6.01 Å². The first-order valence-electron chi connectivity index (χ1n) is 4.15. The van der Waals surface area contributed by atoms with Crippen molar-refractivity contribution in [2.45, 2.75) is 13.3 Å². The minimum atomic E-state index is 0.190. The van der Waals surface area contributed by atoms with Gasteiger partial charge in [-0.3, -0.25) is 0 Å². The van der Waals surface area contributed by atoms with Crippen molar-refractivity contribution in [3.63, 3.8) is 0 Å². The third kappa shape index (κ3) is 1.20. The molecule has 2 rings (SSSR count). The van der Waals surface area contributed by atoms with Crippen molar-refractivity contribution in [2.75, 3.05) is 11.5 Å². The molecule has 1 heterocycles. The van der Waals surface area contributed by atoms with Gasteiger partial charge in [0, 0.05) is 5.69 Å². The van der Waals surface area contributed by atoms with E-state index < -0.39 is 0 Å². The quantitative estimate of drug-likeness (QED) is 0.648. The average molecular weight is 177 g/mol. The Hall–Kier alpha value is -1.71. The molecule has 0 saturated heterocycles. The molecule has 0 bridgehead atoms. The number of aryl methyl sites for hydroxylation is 1. The van der Waals surface area contributed by atoms with Crippen LogP contribution in [0.4, 0.5) is 11.7 Å². The molecule has 68 valence electrons. The predicted octanol–water partition coefficient (Wildman–Crippen LogP) is 1.55. The molecule has 0 aliphatic carbocycles. The van der Waals surface area contributed by atoms with Gasteiger partial charge < -0.3 is 15.9 Å². The molecule has 0 saturated carbocycles. The summed E-state index contributed by atoms with van der Waals surface area (Å²) in [4.78, 5) is 4.01. The van der Waals surface area contributed by atoms with E-state index in [0.29, 0.717) is 5.69 Å². The van der Waals surface area contributed by atoms with Crippen molar-refractivity contribution in [1.82, 2.24) is 4.98 Å². The molecule has 13 heavy (non-hydrogen) atoms. The highest BCUT2D eigenvalue weighted by Gasteiger charge is 2.07. The van der Waals surface area contributed by atoms with E-state index in [9.17, 15) is 0 Å². The molecule has 4 nitrogen and oxygen atoms in total. The maximum absolute atomic E-state index is 5.69. The average Bonchev–Trinajstić information content (AvgIpc) is 2.43. The highest BCUT2D eigenvalue weighted by Crippen LogP contribution is 2.24. The number of rotatable bonds is 1. The van der Waals surface area contributed by atoms with Crippen LogP contribution in [0.1, 0.15) is 12.5 Å². The molecule has 0 fully saturated rings. The number of hydrogen-bond donors (Lipinski definition) is 2. The topological polar surface area (TPSA) is 78.1 Å². The van der Waals surface area contributed by atoms with Crippen LogP contribution in [0.3, 0.4) is 0 Å². The first kappa shape index (κ1) is 7.91. The molecule has 0 unspecified atom stereocenters. The summed E-state index contributed by atoms with van der Waals surface area (Å²) in [5.74, 6) is 0. The van der Waals surface area contributed by atoms with E-state index in [1.165, 1.54) is 0 Å². The molecule has 0 atom stereocenters. The van der Waals surface area contributed by atoms with Crippen molar-refractivity contribution >= 4 is 22.8 Å². The van der Waals surface area contributed by atoms with E-state index in [1.54, 1.807) is 6.07 Å². The Morgan fingerprint density at radius 1 is 1.38 bits per heavy atom. The Bertz CT molecular complexity index is 447. The standard InChI is InChI=1S/C9H11N3O/c1-2-5-3-6(10)4-7-8(5)13-9(11)12-7/h3-4H,2,10H2,1H3,(H2,11,12). The molecule has 1 aromatic carbocycles. The molecule has 4 N–H and O–H groups in total. The zero-order chi connectivity index (χ0) is 9.42. The van der Waals surface area contributed by atoms with E-state index in [4.69, 9.17) is 15.9 Å². The van der Waals surface area contributed by atoms with E-state index in [1.807, 2.05) is 13.0 Å². The van der Waals surface area contributed by atoms with Gasteiger partial charge in [-0.05, 0) is 24.1 Å². The lowest BCUT2D eigenvalue weighted by Gasteiger charge is -1.98. The molecule has 1 aromatic heterocycles. The molecular formula is C9H11N3O. The smallest absolute Gasteiger partial charge is 0.292 e. The highest BCUT2D eigenvalue weighted by molar-refractivity contribution is 5.81. The summed E-state index contributed by atoms with van der Waals surface area (Å²) in [6.45, 7) is 2.03. The van der Waals surface area contributed by atoms with Gasteiger partial charge in [0.2, 0.25) is 0 Å². The monoisotopic (exact) mass is 177 g/mol. The molecule has 0 spiro atoms. The van der Waals surface area contributed by atoms with Crippen LogP contribution >= 0.6 is 0 Å². The maximum atomic E-state index is 5.69. The molecule has 0 radical (unpaired) electrons. The fraction of sp³-hybridized carbons (Fsp3) is 0.222. The van der Waals surface area contributed by atoms with Gasteiger partial charge in [0.1, 0.15) is 5.52 Å². The summed E-state index contributed by atoms with van der Waals surface area (Å²) >= 11 is 0. The minimum Gasteiger partial charge on any atom is -0.423 e. The Kier molecular flexibility index (Phi) is 1.62. The third-order valence-corrected chi connectivity index (χ3v) is 1.99. The number of oxazole rings is 1. The number of nitrogen functional groups attached to an aromatic ring is 2. The highest BCUT2D eigenvalue weighted by atomic mass is 16.4. The van der Waals surface area contributed by atoms with Gasteiger partial charge in [-0.25, -0.2) is 0 Å². The van der Waals surface area contributed by atoms with E-state index >= 15 is 0 Å². The maximum Gasteiger partial charge on any atom is 0.292 e. The van der Waals surface area contributed by atoms with Crippen LogP contribution in [0, 0.1) is 0 Å². The Labute approximate surface area is 75.5 Å². The van der Waals surface area contributed by atoms with Crippen molar-refractivity contribution < 1.29 is 4.42 Å². The normalized spacial score (nSPS) is 10.8. The Balaban J connectivity index is 2.80. The van der Waals surface area contributed by atoms with Gasteiger partial charge in [0.05, 0.1) is 0 Å². The van der Waals surface area contributed by atoms with Crippen molar-refractivity contribution in [2.24, 2.45) is 0 Å². The van der Waals surface area contributed by atoms with Crippen LogP contribution in [0.2, 0.25) is 0 Å². The lowest BCUT2D eigenvalue weighted by atomic mass is 10.1. The third-order valence-electron chi connectivity index (χ3n) is 1.99. The summed E-state index contributed by atoms with van der Waals surface area (Å²) in [5.41, 5.74) is 14.3. The summed E-state index contributed by atoms with van der Waals surface area (Å²) in [5, 5.41) is 0. The summed E-state index contributed by atoms with van der Waals surface area (Å²) in [6, 6.07) is 3.83. The zero-order valence-electron chi connectivity index (χ0n) is 7.37. The number of aromatic nitrogens is 1. The minimum absolute atomic E-state index is 0.190. The molecule has 2 aromatic rings. The van der Waals surface area contributed by atoms with Crippen LogP contribution < -0.4 is 11.5 Å². The van der Waals surface area contributed by atoms with E-state index in [-0.39, 0.29) is 6.01 Å². The predicted molar refractivity (Wildman–Crippen MR) is 52.2 cm³/mol. The first-order chi connectivity index (χ1) is 6.20. The number of nitrogens with zero attached hydrogens (tertiary/aromatic N) is 1. The number of fused-ring (bicyclic) bond motifs is 1. The second kappa shape index (κ2) is 2.65. The van der Waals surface area contributed by atoms with Crippen molar-refractivity contribution in [1.29, 1.82) is 0 Å². The zero-order valence-corrected chi connectivity index (χ0v) is 7.37. The fourth-order valence-corrected chi connectivity index (χ4v) is 1.41. The van der Waals surface area contributed by atoms with E-state index in [2.05, 4.69) is 4.98 Å². The van der Waals surface area contributed by atoms with Crippen LogP contribution in [-0.4, -0.2) is 4.98 Å². The lowest BCUT2D eigenvalue weighted by Crippen LogP contribution is -1.88. The van der Waals surface area contributed by atoms with Crippen LogP contribution in [0.5, 0.6) is 0 Å². The van der Waals surface area contributed by atoms with E-state index in [0.717, 1.165) is 23.1 Å². The van der Waals surface area contributed by atoms with Crippen molar-refractivity contribution in [3.05, 3.63) is 17.7 Å². The van der Waals surface area contributed by atoms with Gasteiger partial charge in [-0.2, -0.15) is 4.98 Å². The van der Waals surface area contributed by atoms with Crippen molar-refractivity contribution in [3.8, 4) is 0 Å². The second-order valence-corrected chi connectivity index (χ2v) is 2.93. The second-order valence-electron chi connectivity index (χ2n) is 2.93. The van der Waals surface area contributed by atoms with Gasteiger partial charge in [-0.15, -0.1) is 0 Å². The van der Waals surface area contributed by atoms with Crippen LogP contribution in [0.25, 0.3) is 11.1 Å².